The van der Waals surface area contributed by atoms with Gasteiger partial charge in [-0.25, -0.2) is 8.42 Å². The Kier molecular flexibility index (Phi) is 4.07. The topological polar surface area (TPSA) is 75.0 Å². The maximum Gasteiger partial charge on any atom is 0.158 e. The van der Waals surface area contributed by atoms with Crippen LogP contribution in [-0.4, -0.2) is 25.7 Å². The summed E-state index contributed by atoms with van der Waals surface area (Å²) in [4.78, 5) is 12.3. The zero-order valence-electron chi connectivity index (χ0n) is 10.0. The van der Waals surface area contributed by atoms with Crippen molar-refractivity contribution in [3.8, 4) is 6.07 Å². The van der Waals surface area contributed by atoms with Crippen molar-refractivity contribution in [1.82, 2.24) is 0 Å². The van der Waals surface area contributed by atoms with Crippen LogP contribution >= 0.6 is 15.9 Å². The summed E-state index contributed by atoms with van der Waals surface area (Å²) >= 11 is 3.29. The highest BCUT2D eigenvalue weighted by Crippen LogP contribution is 2.27. The fraction of sp³-hybridized carbons (Fsp3) is 0.385. The average molecular weight is 342 g/mol. The first-order valence-corrected chi connectivity index (χ1v) is 8.43. The van der Waals surface area contributed by atoms with Crippen molar-refractivity contribution < 1.29 is 13.2 Å². The number of hydrogen-bond acceptors (Lipinski definition) is 4. The molecule has 100 valence electrons. The number of Topliss-reactive ketones (excluding diaryl/α,β-unsaturated/α-hetero) is 1. The summed E-state index contributed by atoms with van der Waals surface area (Å²) in [5.74, 6) is -1.79. The van der Waals surface area contributed by atoms with Crippen LogP contribution in [0.25, 0.3) is 0 Å². The summed E-state index contributed by atoms with van der Waals surface area (Å²) in [6.07, 6.45) is 0.329. The van der Waals surface area contributed by atoms with Gasteiger partial charge < -0.3 is 0 Å². The van der Waals surface area contributed by atoms with Crippen molar-refractivity contribution in [2.75, 3.05) is 11.5 Å². The minimum Gasteiger partial charge on any atom is -0.297 e. The first-order valence-electron chi connectivity index (χ1n) is 5.82. The number of benzene rings is 1. The first-order chi connectivity index (χ1) is 8.93. The van der Waals surface area contributed by atoms with E-state index in [1.165, 1.54) is 0 Å². The number of nitriles is 1. The van der Waals surface area contributed by atoms with Crippen LogP contribution in [0.15, 0.2) is 28.7 Å². The summed E-state index contributed by atoms with van der Waals surface area (Å²) < 4.78 is 23.7. The van der Waals surface area contributed by atoms with Gasteiger partial charge >= 0.3 is 0 Å². The number of nitrogens with zero attached hydrogens (tertiary/aromatic N) is 1. The molecule has 1 heterocycles. The van der Waals surface area contributed by atoms with E-state index >= 15 is 0 Å². The Morgan fingerprint density at radius 3 is 2.47 bits per heavy atom. The van der Waals surface area contributed by atoms with E-state index < -0.39 is 21.7 Å². The highest BCUT2D eigenvalue weighted by Gasteiger charge is 2.36. The van der Waals surface area contributed by atoms with E-state index in [0.29, 0.717) is 12.0 Å². The van der Waals surface area contributed by atoms with Gasteiger partial charge in [0.05, 0.1) is 17.6 Å². The lowest BCUT2D eigenvalue weighted by molar-refractivity contribution is -0.122. The molecule has 2 unspecified atom stereocenters. The quantitative estimate of drug-likeness (QED) is 0.843. The normalized spacial score (nSPS) is 22.6. The summed E-state index contributed by atoms with van der Waals surface area (Å²) in [7, 11) is -3.11. The van der Waals surface area contributed by atoms with Crippen LogP contribution in [-0.2, 0) is 14.6 Å². The Morgan fingerprint density at radius 2 is 2.00 bits per heavy atom. The zero-order chi connectivity index (χ0) is 14.0. The summed E-state index contributed by atoms with van der Waals surface area (Å²) in [5, 5.41) is 9.18. The SMILES string of the molecule is N#CC(C(=O)C1CCS(=O)(=O)C1)c1ccc(Br)cc1. The van der Waals surface area contributed by atoms with Crippen molar-refractivity contribution >= 4 is 31.6 Å². The minimum absolute atomic E-state index is 0.0435. The number of ketones is 1. The molecule has 1 aromatic carbocycles. The van der Waals surface area contributed by atoms with E-state index in [2.05, 4.69) is 15.9 Å². The van der Waals surface area contributed by atoms with Gasteiger partial charge in [-0.1, -0.05) is 28.1 Å². The van der Waals surface area contributed by atoms with Crippen LogP contribution in [0.3, 0.4) is 0 Å². The van der Waals surface area contributed by atoms with Crippen molar-refractivity contribution in [1.29, 1.82) is 5.26 Å². The lowest BCUT2D eigenvalue weighted by Crippen LogP contribution is -2.22. The molecule has 2 atom stereocenters. The molecule has 19 heavy (non-hydrogen) atoms. The molecule has 0 aromatic heterocycles. The number of carbonyl (C=O) groups is 1. The smallest absolute Gasteiger partial charge is 0.158 e. The lowest BCUT2D eigenvalue weighted by Gasteiger charge is -2.12. The third-order valence-electron chi connectivity index (χ3n) is 3.25. The van der Waals surface area contributed by atoms with Crippen LogP contribution in [0.4, 0.5) is 0 Å². The Bertz CT molecular complexity index is 631. The predicted octanol–water partition coefficient (Wildman–Crippen LogP) is 2.06. The number of halogens is 1. The molecular formula is C13H12BrNO3S. The highest BCUT2D eigenvalue weighted by atomic mass is 79.9. The van der Waals surface area contributed by atoms with Crippen LogP contribution in [0.5, 0.6) is 0 Å². The standard InChI is InChI=1S/C13H12BrNO3S/c14-11-3-1-9(2-4-11)12(7-15)13(16)10-5-6-19(17,18)8-10/h1-4,10,12H,5-6,8H2. The zero-order valence-corrected chi connectivity index (χ0v) is 12.4. The second kappa shape index (κ2) is 5.43. The van der Waals surface area contributed by atoms with Crippen LogP contribution in [0.1, 0.15) is 17.9 Å². The molecule has 0 amide bonds. The molecule has 2 rings (SSSR count). The van der Waals surface area contributed by atoms with E-state index in [0.717, 1.165) is 4.47 Å². The van der Waals surface area contributed by atoms with Gasteiger partial charge in [-0.2, -0.15) is 5.26 Å². The van der Waals surface area contributed by atoms with Crippen molar-refractivity contribution in [3.63, 3.8) is 0 Å². The molecule has 1 aliphatic heterocycles. The van der Waals surface area contributed by atoms with E-state index in [-0.39, 0.29) is 17.3 Å². The third kappa shape index (κ3) is 3.23. The molecule has 6 heteroatoms. The summed E-state index contributed by atoms with van der Waals surface area (Å²) in [6, 6.07) is 8.92. The van der Waals surface area contributed by atoms with E-state index in [1.54, 1.807) is 24.3 Å². The minimum atomic E-state index is -3.11. The summed E-state index contributed by atoms with van der Waals surface area (Å²) in [5.41, 5.74) is 0.611. The molecular weight excluding hydrogens is 330 g/mol. The van der Waals surface area contributed by atoms with Gasteiger partial charge in [-0.3, -0.25) is 4.79 Å². The predicted molar refractivity (Wildman–Crippen MR) is 74.3 cm³/mol. The van der Waals surface area contributed by atoms with Gasteiger partial charge in [0.1, 0.15) is 5.92 Å². The van der Waals surface area contributed by atoms with Crippen molar-refractivity contribution in [2.24, 2.45) is 5.92 Å². The second-order valence-corrected chi connectivity index (χ2v) is 7.76. The van der Waals surface area contributed by atoms with E-state index in [9.17, 15) is 18.5 Å². The van der Waals surface area contributed by atoms with Gasteiger partial charge in [0.25, 0.3) is 0 Å². The molecule has 0 radical (unpaired) electrons. The van der Waals surface area contributed by atoms with E-state index in [4.69, 9.17) is 0 Å². The van der Waals surface area contributed by atoms with Gasteiger partial charge in [-0.05, 0) is 24.1 Å². The maximum atomic E-state index is 12.3. The van der Waals surface area contributed by atoms with Gasteiger partial charge in [0, 0.05) is 10.4 Å². The Balaban J connectivity index is 2.21. The maximum absolute atomic E-state index is 12.3. The molecule has 1 saturated heterocycles. The molecule has 1 aliphatic rings. The highest BCUT2D eigenvalue weighted by molar-refractivity contribution is 9.10. The second-order valence-electron chi connectivity index (χ2n) is 4.62. The van der Waals surface area contributed by atoms with Crippen LogP contribution < -0.4 is 0 Å². The molecule has 0 saturated carbocycles. The third-order valence-corrected chi connectivity index (χ3v) is 5.55. The fourth-order valence-corrected chi connectivity index (χ4v) is 4.23. The molecule has 0 spiro atoms. The van der Waals surface area contributed by atoms with Crippen LogP contribution in [0.2, 0.25) is 0 Å². The fourth-order valence-electron chi connectivity index (χ4n) is 2.21. The lowest BCUT2D eigenvalue weighted by atomic mass is 9.88. The Hall–Kier alpha value is -1.19. The number of hydrogen-bond donors (Lipinski definition) is 0. The number of carbonyl (C=O) groups excluding carboxylic acids is 1. The molecule has 4 nitrogen and oxygen atoms in total. The molecule has 0 N–H and O–H groups in total. The molecule has 0 bridgehead atoms. The van der Waals surface area contributed by atoms with Gasteiger partial charge in [0.15, 0.2) is 15.6 Å². The largest absolute Gasteiger partial charge is 0.297 e. The van der Waals surface area contributed by atoms with Crippen molar-refractivity contribution in [2.45, 2.75) is 12.3 Å². The Morgan fingerprint density at radius 1 is 1.37 bits per heavy atom. The number of sulfone groups is 1. The first kappa shape index (κ1) is 14.2. The molecule has 1 fully saturated rings. The summed E-state index contributed by atoms with van der Waals surface area (Å²) in [6.45, 7) is 0. The van der Waals surface area contributed by atoms with Crippen LogP contribution in [0, 0.1) is 17.2 Å². The number of rotatable bonds is 3. The van der Waals surface area contributed by atoms with E-state index in [1.807, 2.05) is 6.07 Å². The monoisotopic (exact) mass is 341 g/mol. The molecule has 0 aliphatic carbocycles. The van der Waals surface area contributed by atoms with Gasteiger partial charge in [0.2, 0.25) is 0 Å². The molecule has 1 aromatic rings. The average Bonchev–Trinajstić information content (AvgIpc) is 2.73. The Labute approximate surface area is 120 Å². The van der Waals surface area contributed by atoms with Crippen molar-refractivity contribution in [3.05, 3.63) is 34.3 Å². The van der Waals surface area contributed by atoms with Gasteiger partial charge in [-0.15, -0.1) is 0 Å².